The summed E-state index contributed by atoms with van der Waals surface area (Å²) >= 11 is 0. The minimum atomic E-state index is -4.40. The Hall–Kier alpha value is -0.220. The molecule has 0 aromatic rings. The van der Waals surface area contributed by atoms with Gasteiger partial charge < -0.3 is 25.5 Å². The van der Waals surface area contributed by atoms with Gasteiger partial charge in [-0.15, -0.1) is 0 Å². The maximum atomic E-state index is 11.2. The maximum Gasteiger partial charge on any atom is 0.406 e. The van der Waals surface area contributed by atoms with E-state index in [4.69, 9.17) is 35.1 Å². The van der Waals surface area contributed by atoms with E-state index in [1.54, 1.807) is 0 Å². The minimum Gasteiger partial charge on any atom is -0.394 e. The van der Waals surface area contributed by atoms with E-state index in [0.29, 0.717) is 0 Å². The zero-order valence-electron chi connectivity index (χ0n) is 8.66. The van der Waals surface area contributed by atoms with Crippen molar-refractivity contribution < 1.29 is 45.0 Å². The molecule has 0 saturated carbocycles. The molecule has 17 heavy (non-hydrogen) atoms. The van der Waals surface area contributed by atoms with Gasteiger partial charge in [-0.25, -0.2) is 0 Å². The van der Waals surface area contributed by atoms with Crippen molar-refractivity contribution in [2.24, 2.45) is 0 Å². The van der Waals surface area contributed by atoms with E-state index < -0.39 is 50.9 Å². The largest absolute Gasteiger partial charge is 0.406 e. The molecule has 0 radical (unpaired) electrons. The molecule has 9 nitrogen and oxygen atoms in total. The number of aliphatic hydroxyl groups is 5. The summed E-state index contributed by atoms with van der Waals surface area (Å²) in [4.78, 5) is 37.0. The average molecular weight is 275 g/mol. The fourth-order valence-corrected chi connectivity index (χ4v) is 1.65. The van der Waals surface area contributed by atoms with Crippen LogP contribution in [0.5, 0.6) is 0 Å². The first-order valence-electron chi connectivity index (χ1n) is 4.53. The third-order valence-corrected chi connectivity index (χ3v) is 2.78. The van der Waals surface area contributed by atoms with E-state index in [9.17, 15) is 9.90 Å². The van der Waals surface area contributed by atoms with Crippen LogP contribution in [0.3, 0.4) is 0 Å². The van der Waals surface area contributed by atoms with Gasteiger partial charge in [0.2, 0.25) is 0 Å². The topological polar surface area (TPSA) is 179 Å². The summed E-state index contributed by atoms with van der Waals surface area (Å²) in [7, 11) is -4.40. The molecule has 4 unspecified atom stereocenters. The SMILES string of the molecule is O=C(C(O)C[P+](O)(O)O)C(O)C(O)C(O)CO. The Kier molecular flexibility index (Phi) is 6.56. The lowest BCUT2D eigenvalue weighted by atomic mass is 10.0. The van der Waals surface area contributed by atoms with E-state index in [1.807, 2.05) is 0 Å². The Morgan fingerprint density at radius 3 is 1.88 bits per heavy atom. The van der Waals surface area contributed by atoms with Crippen molar-refractivity contribution >= 4 is 13.7 Å². The Labute approximate surface area is 96.8 Å². The third-order valence-electron chi connectivity index (χ3n) is 1.94. The molecule has 0 amide bonds. The number of carbonyl (C=O) groups is 1. The number of hydrogen-bond acceptors (Lipinski definition) is 9. The van der Waals surface area contributed by atoms with Gasteiger partial charge in [-0.3, -0.25) is 4.79 Å². The van der Waals surface area contributed by atoms with Crippen molar-refractivity contribution in [2.45, 2.75) is 24.4 Å². The molecular weight excluding hydrogens is 259 g/mol. The van der Waals surface area contributed by atoms with E-state index in [-0.39, 0.29) is 0 Å². The van der Waals surface area contributed by atoms with Gasteiger partial charge in [0.1, 0.15) is 18.3 Å². The highest BCUT2D eigenvalue weighted by atomic mass is 31.2. The number of rotatable bonds is 7. The number of ketones is 1. The highest BCUT2D eigenvalue weighted by molar-refractivity contribution is 7.58. The first-order valence-corrected chi connectivity index (χ1v) is 6.36. The molecule has 4 atom stereocenters. The van der Waals surface area contributed by atoms with Gasteiger partial charge in [0.15, 0.2) is 18.0 Å². The summed E-state index contributed by atoms with van der Waals surface area (Å²) in [5.74, 6) is -1.41. The summed E-state index contributed by atoms with van der Waals surface area (Å²) in [5, 5.41) is 44.8. The summed E-state index contributed by atoms with van der Waals surface area (Å²) in [6, 6.07) is 0. The minimum absolute atomic E-state index is 0.918. The monoisotopic (exact) mass is 275 g/mol. The van der Waals surface area contributed by atoms with Gasteiger partial charge in [-0.2, -0.15) is 14.7 Å². The predicted molar refractivity (Wildman–Crippen MR) is 54.6 cm³/mol. The molecular formula is C7H16O9P+. The molecule has 0 rings (SSSR count). The van der Waals surface area contributed by atoms with E-state index in [0.717, 1.165) is 0 Å². The Balaban J connectivity index is 4.49. The van der Waals surface area contributed by atoms with Crippen LogP contribution in [0.15, 0.2) is 0 Å². The van der Waals surface area contributed by atoms with Crippen molar-refractivity contribution in [3.8, 4) is 0 Å². The van der Waals surface area contributed by atoms with Gasteiger partial charge >= 0.3 is 7.94 Å². The van der Waals surface area contributed by atoms with Crippen LogP contribution in [-0.4, -0.2) is 83.2 Å². The number of Topliss-reactive ketones (excluding diaryl/α,β-unsaturated/α-hetero) is 1. The first kappa shape index (κ1) is 16.8. The van der Waals surface area contributed by atoms with Crippen molar-refractivity contribution in [2.75, 3.05) is 12.8 Å². The fraction of sp³-hybridized carbons (Fsp3) is 0.857. The zero-order valence-corrected chi connectivity index (χ0v) is 9.55. The van der Waals surface area contributed by atoms with Gasteiger partial charge in [-0.1, -0.05) is 0 Å². The second-order valence-corrected chi connectivity index (χ2v) is 5.23. The van der Waals surface area contributed by atoms with E-state index >= 15 is 0 Å². The molecule has 0 aromatic heterocycles. The van der Waals surface area contributed by atoms with Crippen molar-refractivity contribution in [3.63, 3.8) is 0 Å². The Morgan fingerprint density at radius 1 is 1.06 bits per heavy atom. The van der Waals surface area contributed by atoms with Gasteiger partial charge in [0.05, 0.1) is 6.61 Å². The van der Waals surface area contributed by atoms with E-state index in [1.165, 1.54) is 0 Å². The van der Waals surface area contributed by atoms with Crippen molar-refractivity contribution in [3.05, 3.63) is 0 Å². The maximum absolute atomic E-state index is 11.2. The second-order valence-electron chi connectivity index (χ2n) is 3.48. The lowest BCUT2D eigenvalue weighted by Gasteiger charge is -2.22. The van der Waals surface area contributed by atoms with Crippen LogP contribution in [0.1, 0.15) is 0 Å². The van der Waals surface area contributed by atoms with Crippen LogP contribution in [0.25, 0.3) is 0 Å². The first-order chi connectivity index (χ1) is 7.60. The summed E-state index contributed by atoms with van der Waals surface area (Å²) in [6.07, 6.45) is -9.26. The Bertz CT molecular complexity index is 252. The lowest BCUT2D eigenvalue weighted by molar-refractivity contribution is -0.147. The van der Waals surface area contributed by atoms with Crippen LogP contribution in [0.4, 0.5) is 0 Å². The second kappa shape index (κ2) is 6.64. The predicted octanol–water partition coefficient (Wildman–Crippen LogP) is -4.27. The van der Waals surface area contributed by atoms with Gasteiger partial charge in [0, 0.05) is 0 Å². The smallest absolute Gasteiger partial charge is 0.394 e. The molecule has 0 aliphatic rings. The number of aliphatic hydroxyl groups excluding tert-OH is 5. The molecule has 0 aromatic carbocycles. The molecule has 0 aliphatic carbocycles. The standard InChI is InChI=1S/C7H16O9P/c8-1-3(9)5(11)7(13)6(12)4(10)2-17(14,15)16/h3-5,7-11,13-16H,1-2H2/q+1. The highest BCUT2D eigenvalue weighted by Gasteiger charge is 2.41. The molecule has 0 spiro atoms. The van der Waals surface area contributed by atoms with Gasteiger partial charge in [0.25, 0.3) is 0 Å². The molecule has 8 N–H and O–H groups in total. The summed E-state index contributed by atoms with van der Waals surface area (Å²) in [6.45, 7) is -0.918. The molecule has 0 aliphatic heterocycles. The molecule has 0 saturated heterocycles. The van der Waals surface area contributed by atoms with Crippen LogP contribution in [0.2, 0.25) is 0 Å². The molecule has 0 fully saturated rings. The van der Waals surface area contributed by atoms with Crippen LogP contribution < -0.4 is 0 Å². The number of hydrogen-bond donors (Lipinski definition) is 8. The zero-order chi connectivity index (χ0) is 13.8. The summed E-state index contributed by atoms with van der Waals surface area (Å²) < 4.78 is 0. The molecule has 102 valence electrons. The molecule has 10 heteroatoms. The van der Waals surface area contributed by atoms with Crippen molar-refractivity contribution in [1.29, 1.82) is 0 Å². The van der Waals surface area contributed by atoms with Crippen LogP contribution >= 0.6 is 7.94 Å². The third kappa shape index (κ3) is 5.77. The average Bonchev–Trinajstić information content (AvgIpc) is 2.22. The normalized spacial score (nSPS) is 19.5. The quantitative estimate of drug-likeness (QED) is 0.213. The highest BCUT2D eigenvalue weighted by Crippen LogP contribution is 2.44. The Morgan fingerprint density at radius 2 is 1.53 bits per heavy atom. The van der Waals surface area contributed by atoms with Crippen molar-refractivity contribution in [1.82, 2.24) is 0 Å². The van der Waals surface area contributed by atoms with Crippen LogP contribution in [-0.2, 0) is 4.79 Å². The van der Waals surface area contributed by atoms with Crippen LogP contribution in [0, 0.1) is 0 Å². The van der Waals surface area contributed by atoms with E-state index in [2.05, 4.69) is 0 Å². The lowest BCUT2D eigenvalue weighted by Crippen LogP contribution is -2.48. The molecule has 0 bridgehead atoms. The number of carbonyl (C=O) groups excluding carboxylic acids is 1. The summed E-state index contributed by atoms with van der Waals surface area (Å²) in [5.41, 5.74) is 0. The fourth-order valence-electron chi connectivity index (χ4n) is 1.01. The van der Waals surface area contributed by atoms with Gasteiger partial charge in [-0.05, 0) is 0 Å². The molecule has 0 heterocycles.